The second-order valence-corrected chi connectivity index (χ2v) is 9.69. The number of carbonyl (C=O) groups excluding carboxylic acids is 1. The number of aromatic nitrogens is 1. The van der Waals surface area contributed by atoms with Crippen LogP contribution in [0.4, 0.5) is 17.6 Å². The van der Waals surface area contributed by atoms with Crippen LogP contribution >= 0.6 is 0 Å². The van der Waals surface area contributed by atoms with E-state index >= 15 is 0 Å². The second-order valence-electron chi connectivity index (χ2n) is 9.69. The summed E-state index contributed by atoms with van der Waals surface area (Å²) < 4.78 is 63.2. The number of carbonyl (C=O) groups is 2. The Morgan fingerprint density at radius 2 is 1.67 bits per heavy atom. The van der Waals surface area contributed by atoms with Crippen LogP contribution in [-0.2, 0) is 30.4 Å². The summed E-state index contributed by atoms with van der Waals surface area (Å²) in [6.45, 7) is 3.55. The predicted molar refractivity (Wildman–Crippen MR) is 150 cm³/mol. The first-order valence-corrected chi connectivity index (χ1v) is 13.3. The van der Waals surface area contributed by atoms with Crippen molar-refractivity contribution in [2.45, 2.75) is 45.5 Å². The van der Waals surface area contributed by atoms with Crippen LogP contribution in [0.1, 0.15) is 46.8 Å². The number of allylic oxidation sites excluding steroid dienone is 2. The van der Waals surface area contributed by atoms with Crippen LogP contribution in [0.3, 0.4) is 0 Å². The van der Waals surface area contributed by atoms with Gasteiger partial charge in [-0.15, -0.1) is 0 Å². The molecule has 0 aliphatic heterocycles. The molecular formula is C32H28F4N2O5. The van der Waals surface area contributed by atoms with Crippen molar-refractivity contribution in [2.24, 2.45) is 0 Å². The molecule has 0 radical (unpaired) electrons. The number of carboxylic acids is 1. The highest BCUT2D eigenvalue weighted by atomic mass is 19.4. The van der Waals surface area contributed by atoms with Crippen molar-refractivity contribution in [3.8, 4) is 17.2 Å². The van der Waals surface area contributed by atoms with Crippen molar-refractivity contribution < 1.29 is 41.4 Å². The number of hydrogen-bond donors (Lipinski definition) is 2. The number of aryl methyl sites for hydroxylation is 1. The normalized spacial score (nSPS) is 12.6. The van der Waals surface area contributed by atoms with Gasteiger partial charge in [0.2, 0.25) is 5.89 Å². The van der Waals surface area contributed by atoms with E-state index in [-0.39, 0.29) is 30.1 Å². The molecule has 0 unspecified atom stereocenters. The van der Waals surface area contributed by atoms with Crippen molar-refractivity contribution in [1.29, 1.82) is 0 Å². The highest BCUT2D eigenvalue weighted by Crippen LogP contribution is 2.29. The minimum atomic E-state index is -4.51. The number of alkyl halides is 3. The fraction of sp³-hybridized carbons (Fsp3) is 0.219. The maximum Gasteiger partial charge on any atom is 0.416 e. The molecule has 0 amide bonds. The number of carboxylic acid groups (broad SMARTS) is 1. The average molecular weight is 597 g/mol. The number of ketones is 1. The van der Waals surface area contributed by atoms with Crippen molar-refractivity contribution in [3.63, 3.8) is 0 Å². The van der Waals surface area contributed by atoms with Crippen LogP contribution < -0.4 is 10.1 Å². The highest BCUT2D eigenvalue weighted by Gasteiger charge is 2.30. The Bertz CT molecular complexity index is 1590. The Morgan fingerprint density at radius 3 is 2.26 bits per heavy atom. The lowest BCUT2D eigenvalue weighted by Crippen LogP contribution is -2.37. The van der Waals surface area contributed by atoms with E-state index in [4.69, 9.17) is 9.15 Å². The lowest BCUT2D eigenvalue weighted by molar-refractivity contribution is -0.139. The van der Waals surface area contributed by atoms with Crippen LogP contribution in [0, 0.1) is 5.82 Å². The molecule has 1 heterocycles. The molecule has 11 heteroatoms. The number of benzene rings is 3. The summed E-state index contributed by atoms with van der Waals surface area (Å²) in [6, 6.07) is 15.3. The monoisotopic (exact) mass is 596 g/mol. The van der Waals surface area contributed by atoms with Gasteiger partial charge in [-0.1, -0.05) is 31.2 Å². The van der Waals surface area contributed by atoms with E-state index in [1.165, 1.54) is 19.1 Å². The third-order valence-electron chi connectivity index (χ3n) is 6.47. The smallest absolute Gasteiger partial charge is 0.416 e. The topological polar surface area (TPSA) is 102 Å². The Balaban J connectivity index is 1.36. The van der Waals surface area contributed by atoms with Gasteiger partial charge in [-0.25, -0.2) is 14.2 Å². The van der Waals surface area contributed by atoms with E-state index in [1.54, 1.807) is 36.4 Å². The minimum absolute atomic E-state index is 0.0416. The van der Waals surface area contributed by atoms with Gasteiger partial charge in [0.15, 0.2) is 5.78 Å². The van der Waals surface area contributed by atoms with Crippen molar-refractivity contribution in [3.05, 3.63) is 119 Å². The summed E-state index contributed by atoms with van der Waals surface area (Å²) in [5.41, 5.74) is 1.35. The fourth-order valence-corrected chi connectivity index (χ4v) is 4.22. The lowest BCUT2D eigenvalue weighted by atomic mass is 10.0. The number of oxazole rings is 1. The van der Waals surface area contributed by atoms with Gasteiger partial charge in [-0.05, 0) is 61.0 Å². The molecule has 43 heavy (non-hydrogen) atoms. The van der Waals surface area contributed by atoms with Crippen LogP contribution in [0.2, 0.25) is 0 Å². The number of rotatable bonds is 12. The van der Waals surface area contributed by atoms with Gasteiger partial charge in [0.25, 0.3) is 0 Å². The molecule has 1 aromatic heterocycles. The van der Waals surface area contributed by atoms with E-state index in [0.717, 1.165) is 30.3 Å². The van der Waals surface area contributed by atoms with Crippen LogP contribution in [0.25, 0.3) is 11.5 Å². The standard InChI is InChI=1S/C32H28F4N2O5/c1-3-29-27(38-30(43-29)22-8-12-24(33)13-9-22)18-42-25-14-4-20(5-15-25)17-26(31(40)41)37-19(2)16-28(39)21-6-10-23(11-7-21)32(34,35)36/h4-16,26,37H,3,17-18H2,1-2H3,(H,40,41)/t26-/m0/s1. The zero-order valence-corrected chi connectivity index (χ0v) is 23.2. The molecule has 0 aliphatic carbocycles. The van der Waals surface area contributed by atoms with Crippen LogP contribution in [0.15, 0.2) is 89.0 Å². The van der Waals surface area contributed by atoms with E-state index in [0.29, 0.717) is 40.6 Å². The Kier molecular flexibility index (Phi) is 9.64. The molecule has 224 valence electrons. The third-order valence-corrected chi connectivity index (χ3v) is 6.47. The highest BCUT2D eigenvalue weighted by molar-refractivity contribution is 6.04. The fourth-order valence-electron chi connectivity index (χ4n) is 4.22. The van der Waals surface area contributed by atoms with E-state index in [9.17, 15) is 32.3 Å². The maximum atomic E-state index is 13.3. The van der Waals surface area contributed by atoms with E-state index < -0.39 is 29.5 Å². The van der Waals surface area contributed by atoms with Gasteiger partial charge < -0.3 is 19.6 Å². The summed E-state index contributed by atoms with van der Waals surface area (Å²) in [4.78, 5) is 28.9. The van der Waals surface area contributed by atoms with Gasteiger partial charge in [0.05, 0.1) is 5.56 Å². The van der Waals surface area contributed by atoms with Gasteiger partial charge >= 0.3 is 12.1 Å². The van der Waals surface area contributed by atoms with Gasteiger partial charge in [-0.3, -0.25) is 4.79 Å². The predicted octanol–water partition coefficient (Wildman–Crippen LogP) is 7.01. The van der Waals surface area contributed by atoms with E-state index in [2.05, 4.69) is 10.3 Å². The second kappa shape index (κ2) is 13.4. The molecule has 0 saturated carbocycles. The van der Waals surface area contributed by atoms with Crippen molar-refractivity contribution in [2.75, 3.05) is 0 Å². The number of halogens is 4. The Hall–Kier alpha value is -4.93. The van der Waals surface area contributed by atoms with Gasteiger partial charge in [0, 0.05) is 35.7 Å². The summed E-state index contributed by atoms with van der Waals surface area (Å²) in [5, 5.41) is 12.5. The largest absolute Gasteiger partial charge is 0.487 e. The number of hydrogen-bond acceptors (Lipinski definition) is 6. The van der Waals surface area contributed by atoms with Gasteiger partial charge in [0.1, 0.15) is 35.7 Å². The first kappa shape index (κ1) is 31.0. The number of nitrogens with one attached hydrogen (secondary N) is 1. The molecule has 7 nitrogen and oxygen atoms in total. The van der Waals surface area contributed by atoms with Crippen LogP contribution in [0.5, 0.6) is 5.75 Å². The van der Waals surface area contributed by atoms with Crippen molar-refractivity contribution in [1.82, 2.24) is 10.3 Å². The SMILES string of the molecule is CCc1oc(-c2ccc(F)cc2)nc1COc1ccc(C[C@H](NC(C)=CC(=O)c2ccc(C(F)(F)F)cc2)C(=O)O)cc1. The first-order valence-electron chi connectivity index (χ1n) is 13.3. The molecule has 0 aliphatic rings. The minimum Gasteiger partial charge on any atom is -0.487 e. The molecule has 3 aromatic carbocycles. The molecular weight excluding hydrogens is 568 g/mol. The molecule has 2 N–H and O–H groups in total. The summed E-state index contributed by atoms with van der Waals surface area (Å²) in [7, 11) is 0. The first-order chi connectivity index (χ1) is 20.4. The number of aliphatic carboxylic acids is 1. The molecule has 4 aromatic rings. The molecule has 1 atom stereocenters. The Morgan fingerprint density at radius 1 is 1.02 bits per heavy atom. The quantitative estimate of drug-likeness (QED) is 0.103. The molecule has 0 fully saturated rings. The summed E-state index contributed by atoms with van der Waals surface area (Å²) in [6.07, 6.45) is -2.70. The Labute approximate surface area is 244 Å². The molecule has 0 spiro atoms. The van der Waals surface area contributed by atoms with Crippen LogP contribution in [-0.4, -0.2) is 27.9 Å². The van der Waals surface area contributed by atoms with Gasteiger partial charge in [-0.2, -0.15) is 13.2 Å². The number of nitrogens with zero attached hydrogens (tertiary/aromatic N) is 1. The average Bonchev–Trinajstić information content (AvgIpc) is 3.39. The zero-order chi connectivity index (χ0) is 31.1. The van der Waals surface area contributed by atoms with E-state index in [1.807, 2.05) is 6.92 Å². The lowest BCUT2D eigenvalue weighted by Gasteiger charge is -2.16. The maximum absolute atomic E-state index is 13.3. The molecule has 4 rings (SSSR count). The summed E-state index contributed by atoms with van der Waals surface area (Å²) in [5.74, 6) is -0.537. The summed E-state index contributed by atoms with van der Waals surface area (Å²) >= 11 is 0. The number of ether oxygens (including phenoxy) is 1. The molecule has 0 saturated heterocycles. The zero-order valence-electron chi connectivity index (χ0n) is 23.2. The van der Waals surface area contributed by atoms with Crippen molar-refractivity contribution >= 4 is 11.8 Å². The molecule has 0 bridgehead atoms. The third kappa shape index (κ3) is 8.31.